The molecule has 2 heterocycles. The van der Waals surface area contributed by atoms with E-state index in [1.54, 1.807) is 0 Å². The molecule has 2 aliphatic heterocycles. The number of hydrogen-bond acceptors (Lipinski definition) is 5. The highest BCUT2D eigenvalue weighted by atomic mass is 32.2. The van der Waals surface area contributed by atoms with Crippen LogP contribution in [0.3, 0.4) is 0 Å². The van der Waals surface area contributed by atoms with E-state index in [4.69, 9.17) is 4.74 Å². The van der Waals surface area contributed by atoms with Gasteiger partial charge in [0, 0.05) is 19.2 Å². The molecular formula is C10H21N3O3S. The van der Waals surface area contributed by atoms with Crippen molar-refractivity contribution in [2.75, 3.05) is 33.4 Å². The van der Waals surface area contributed by atoms with Gasteiger partial charge in [-0.05, 0) is 32.9 Å². The summed E-state index contributed by atoms with van der Waals surface area (Å²) in [7, 11) is -1.30. The molecule has 2 unspecified atom stereocenters. The minimum absolute atomic E-state index is 0.103. The van der Waals surface area contributed by atoms with Gasteiger partial charge in [-0.15, -0.1) is 0 Å². The van der Waals surface area contributed by atoms with Gasteiger partial charge < -0.3 is 9.64 Å². The fraction of sp³-hybridized carbons (Fsp3) is 1.00. The lowest BCUT2D eigenvalue weighted by Crippen LogP contribution is -2.51. The average molecular weight is 263 g/mol. The second-order valence-electron chi connectivity index (χ2n) is 4.88. The second-order valence-corrected chi connectivity index (χ2v) is 6.84. The van der Waals surface area contributed by atoms with E-state index in [9.17, 15) is 8.42 Å². The predicted molar refractivity (Wildman–Crippen MR) is 64.9 cm³/mol. The highest BCUT2D eigenvalue weighted by Gasteiger charge is 2.30. The molecule has 2 saturated heterocycles. The van der Waals surface area contributed by atoms with Crippen molar-refractivity contribution in [2.45, 2.75) is 30.6 Å². The van der Waals surface area contributed by atoms with Gasteiger partial charge in [-0.2, -0.15) is 4.83 Å². The van der Waals surface area contributed by atoms with E-state index < -0.39 is 10.0 Å². The van der Waals surface area contributed by atoms with Gasteiger partial charge in [0.25, 0.3) is 0 Å². The van der Waals surface area contributed by atoms with E-state index in [-0.39, 0.29) is 11.3 Å². The van der Waals surface area contributed by atoms with Crippen molar-refractivity contribution in [3.8, 4) is 0 Å². The largest absolute Gasteiger partial charge is 0.380 e. The van der Waals surface area contributed by atoms with Gasteiger partial charge in [-0.25, -0.2) is 13.8 Å². The average Bonchev–Trinajstić information content (AvgIpc) is 2.79. The number of ether oxygens (including phenoxy) is 1. The van der Waals surface area contributed by atoms with Crippen molar-refractivity contribution >= 4 is 10.0 Å². The maximum absolute atomic E-state index is 12.0. The summed E-state index contributed by atoms with van der Waals surface area (Å²) in [5, 5.41) is -0.309. The zero-order chi connectivity index (χ0) is 12.3. The fourth-order valence-electron chi connectivity index (χ4n) is 2.27. The Morgan fingerprint density at radius 3 is 2.82 bits per heavy atom. The van der Waals surface area contributed by atoms with E-state index in [0.29, 0.717) is 19.8 Å². The zero-order valence-electron chi connectivity index (χ0n) is 10.2. The summed E-state index contributed by atoms with van der Waals surface area (Å²) in [6.07, 6.45) is 2.53. The van der Waals surface area contributed by atoms with Crippen molar-refractivity contribution in [3.05, 3.63) is 0 Å². The van der Waals surface area contributed by atoms with Crippen LogP contribution in [0, 0.1) is 0 Å². The molecule has 2 aliphatic rings. The topological polar surface area (TPSA) is 70.7 Å². The SMILES string of the molecule is CN1CCCC(S(=O)(=O)NNC2CCOC2)C1. The molecule has 0 spiro atoms. The van der Waals surface area contributed by atoms with E-state index in [1.165, 1.54) is 0 Å². The van der Waals surface area contributed by atoms with Crippen LogP contribution in [0.2, 0.25) is 0 Å². The minimum Gasteiger partial charge on any atom is -0.380 e. The highest BCUT2D eigenvalue weighted by molar-refractivity contribution is 7.90. The third-order valence-corrected chi connectivity index (χ3v) is 5.02. The van der Waals surface area contributed by atoms with Crippen LogP contribution in [-0.4, -0.2) is 58.0 Å². The number of nitrogens with one attached hydrogen (secondary N) is 2. The molecule has 2 atom stereocenters. The molecule has 0 saturated carbocycles. The van der Waals surface area contributed by atoms with E-state index in [0.717, 1.165) is 25.8 Å². The van der Waals surface area contributed by atoms with Gasteiger partial charge in [0.05, 0.1) is 11.9 Å². The quantitative estimate of drug-likeness (QED) is 0.656. The Balaban J connectivity index is 1.84. The summed E-state index contributed by atoms with van der Waals surface area (Å²) in [5.74, 6) is 0. The van der Waals surface area contributed by atoms with E-state index in [2.05, 4.69) is 15.2 Å². The maximum atomic E-state index is 12.0. The lowest BCUT2D eigenvalue weighted by molar-refractivity contribution is 0.189. The first-order valence-electron chi connectivity index (χ1n) is 6.10. The lowest BCUT2D eigenvalue weighted by atomic mass is 10.1. The van der Waals surface area contributed by atoms with Crippen molar-refractivity contribution < 1.29 is 13.2 Å². The maximum Gasteiger partial charge on any atom is 0.228 e. The zero-order valence-corrected chi connectivity index (χ0v) is 11.0. The molecule has 0 amide bonds. The standard InChI is InChI=1S/C10H21N3O3S/c1-13-5-2-3-10(7-13)17(14,15)12-11-9-4-6-16-8-9/h9-12H,2-8H2,1H3. The highest BCUT2D eigenvalue weighted by Crippen LogP contribution is 2.14. The van der Waals surface area contributed by atoms with E-state index in [1.807, 2.05) is 7.05 Å². The number of piperidine rings is 1. The molecule has 6 nitrogen and oxygen atoms in total. The predicted octanol–water partition coefficient (Wildman–Crippen LogP) is -0.706. The van der Waals surface area contributed by atoms with Crippen LogP contribution in [0.1, 0.15) is 19.3 Å². The van der Waals surface area contributed by atoms with Crippen molar-refractivity contribution in [1.29, 1.82) is 0 Å². The van der Waals surface area contributed by atoms with Crippen LogP contribution in [0.15, 0.2) is 0 Å². The van der Waals surface area contributed by atoms with Crippen LogP contribution in [0.4, 0.5) is 0 Å². The molecule has 0 radical (unpaired) electrons. The lowest BCUT2D eigenvalue weighted by Gasteiger charge is -2.29. The third-order valence-electron chi connectivity index (χ3n) is 3.36. The first-order valence-corrected chi connectivity index (χ1v) is 7.65. The molecule has 0 aromatic carbocycles. The first kappa shape index (κ1) is 13.2. The summed E-state index contributed by atoms with van der Waals surface area (Å²) in [4.78, 5) is 4.57. The summed E-state index contributed by atoms with van der Waals surface area (Å²) >= 11 is 0. The number of nitrogens with zero attached hydrogens (tertiary/aromatic N) is 1. The number of likely N-dealkylation sites (tertiary alicyclic amines) is 1. The molecular weight excluding hydrogens is 242 g/mol. The molecule has 0 aromatic rings. The molecule has 2 rings (SSSR count). The molecule has 2 fully saturated rings. The van der Waals surface area contributed by atoms with Gasteiger partial charge in [0.1, 0.15) is 0 Å². The Morgan fingerprint density at radius 2 is 2.18 bits per heavy atom. The number of rotatable bonds is 4. The van der Waals surface area contributed by atoms with Crippen molar-refractivity contribution in [1.82, 2.24) is 15.2 Å². The van der Waals surface area contributed by atoms with Crippen LogP contribution in [0.5, 0.6) is 0 Å². The monoisotopic (exact) mass is 263 g/mol. The summed E-state index contributed by atoms with van der Waals surface area (Å²) in [5.41, 5.74) is 2.85. The summed E-state index contributed by atoms with van der Waals surface area (Å²) in [6, 6.07) is 0.103. The minimum atomic E-state index is -3.26. The van der Waals surface area contributed by atoms with Crippen molar-refractivity contribution in [2.24, 2.45) is 0 Å². The van der Waals surface area contributed by atoms with Crippen molar-refractivity contribution in [3.63, 3.8) is 0 Å². The van der Waals surface area contributed by atoms with Crippen LogP contribution >= 0.6 is 0 Å². The Labute approximate surface area is 103 Å². The van der Waals surface area contributed by atoms with Gasteiger partial charge in [-0.3, -0.25) is 0 Å². The third kappa shape index (κ3) is 3.62. The normalized spacial score (nSPS) is 31.8. The first-order chi connectivity index (χ1) is 8.08. The van der Waals surface area contributed by atoms with Gasteiger partial charge in [0.15, 0.2) is 0 Å². The van der Waals surface area contributed by atoms with Crippen LogP contribution < -0.4 is 10.3 Å². The van der Waals surface area contributed by atoms with Crippen LogP contribution in [-0.2, 0) is 14.8 Å². The molecule has 0 aliphatic carbocycles. The molecule has 100 valence electrons. The molecule has 17 heavy (non-hydrogen) atoms. The number of hydrogen-bond donors (Lipinski definition) is 2. The Hall–Kier alpha value is -0.210. The Morgan fingerprint density at radius 1 is 1.35 bits per heavy atom. The molecule has 0 bridgehead atoms. The number of hydrazine groups is 1. The second kappa shape index (κ2) is 5.62. The smallest absolute Gasteiger partial charge is 0.228 e. The molecule has 0 aromatic heterocycles. The molecule has 7 heteroatoms. The molecule has 2 N–H and O–H groups in total. The van der Waals surface area contributed by atoms with Crippen LogP contribution in [0.25, 0.3) is 0 Å². The van der Waals surface area contributed by atoms with Gasteiger partial charge in [-0.1, -0.05) is 0 Å². The Kier molecular flexibility index (Phi) is 4.37. The Bertz CT molecular complexity index is 341. The fourth-order valence-corrected chi connectivity index (χ4v) is 3.69. The van der Waals surface area contributed by atoms with Gasteiger partial charge in [0.2, 0.25) is 10.0 Å². The summed E-state index contributed by atoms with van der Waals surface area (Å²) in [6.45, 7) is 2.87. The number of sulfonamides is 1. The van der Waals surface area contributed by atoms with E-state index >= 15 is 0 Å². The van der Waals surface area contributed by atoms with Gasteiger partial charge >= 0.3 is 0 Å². The summed E-state index contributed by atoms with van der Waals surface area (Å²) < 4.78 is 29.3.